The van der Waals surface area contributed by atoms with Crippen molar-refractivity contribution in [3.63, 3.8) is 0 Å². The predicted molar refractivity (Wildman–Crippen MR) is 65.0 cm³/mol. The van der Waals surface area contributed by atoms with Crippen LogP contribution < -0.4 is 4.90 Å². The average molecular weight is 274 g/mol. The molecule has 15 heavy (non-hydrogen) atoms. The number of hydrogen-bond acceptors (Lipinski definition) is 3. The molecule has 1 aromatic rings. The Bertz CT molecular complexity index is 317. The van der Waals surface area contributed by atoms with Gasteiger partial charge in [0.2, 0.25) is 0 Å². The first kappa shape index (κ1) is 12.5. The van der Waals surface area contributed by atoms with E-state index in [0.717, 1.165) is 22.3 Å². The van der Waals surface area contributed by atoms with Gasteiger partial charge in [-0.2, -0.15) is 0 Å². The molecule has 0 atom stereocenters. The van der Waals surface area contributed by atoms with Gasteiger partial charge in [-0.15, -0.1) is 0 Å². The van der Waals surface area contributed by atoms with Crippen LogP contribution in [0.3, 0.4) is 0 Å². The second kappa shape index (κ2) is 6.10. The lowest BCUT2D eigenvalue weighted by molar-refractivity contribution is 0.281. The van der Waals surface area contributed by atoms with E-state index >= 15 is 0 Å². The molecule has 0 saturated carbocycles. The van der Waals surface area contributed by atoms with E-state index in [1.54, 1.807) is 0 Å². The fourth-order valence-electron chi connectivity index (χ4n) is 1.45. The predicted octanol–water partition coefficient (Wildman–Crippen LogP) is 1.76. The van der Waals surface area contributed by atoms with Crippen LogP contribution in [-0.4, -0.2) is 29.9 Å². The highest BCUT2D eigenvalue weighted by atomic mass is 79.9. The van der Waals surface area contributed by atoms with Gasteiger partial charge in [0, 0.05) is 23.2 Å². The maximum atomic E-state index is 9.02. The molecule has 0 spiro atoms. The second-order valence-electron chi connectivity index (χ2n) is 3.24. The topological polar surface area (TPSA) is 43.7 Å². The molecule has 1 aromatic carbocycles. The Morgan fingerprint density at radius 3 is 2.53 bits per heavy atom. The second-order valence-corrected chi connectivity index (χ2v) is 4.09. The zero-order valence-electron chi connectivity index (χ0n) is 8.78. The van der Waals surface area contributed by atoms with Crippen molar-refractivity contribution in [1.82, 2.24) is 0 Å². The van der Waals surface area contributed by atoms with Crippen LogP contribution in [0.25, 0.3) is 0 Å². The first-order chi connectivity index (χ1) is 7.22. The zero-order chi connectivity index (χ0) is 11.3. The van der Waals surface area contributed by atoms with Gasteiger partial charge in [-0.05, 0) is 24.6 Å². The SMILES string of the molecule is CCN(CCO)c1ccc(CO)c(Br)c1. The number of halogens is 1. The van der Waals surface area contributed by atoms with Crippen LogP contribution in [0.5, 0.6) is 0 Å². The van der Waals surface area contributed by atoms with Crippen LogP contribution in [-0.2, 0) is 6.61 Å². The van der Waals surface area contributed by atoms with Crippen molar-refractivity contribution in [3.05, 3.63) is 28.2 Å². The summed E-state index contributed by atoms with van der Waals surface area (Å²) in [5.74, 6) is 0. The number of hydrogen-bond donors (Lipinski definition) is 2. The van der Waals surface area contributed by atoms with Crippen LogP contribution in [0.1, 0.15) is 12.5 Å². The first-order valence-corrected chi connectivity index (χ1v) is 5.77. The third-order valence-corrected chi connectivity index (χ3v) is 3.06. The van der Waals surface area contributed by atoms with Gasteiger partial charge in [-0.3, -0.25) is 0 Å². The third-order valence-electron chi connectivity index (χ3n) is 2.32. The third kappa shape index (κ3) is 3.19. The molecule has 0 fully saturated rings. The van der Waals surface area contributed by atoms with Crippen LogP contribution >= 0.6 is 15.9 Å². The summed E-state index contributed by atoms with van der Waals surface area (Å²) in [6.45, 7) is 3.70. The van der Waals surface area contributed by atoms with Crippen molar-refractivity contribution in [2.75, 3.05) is 24.6 Å². The summed E-state index contributed by atoms with van der Waals surface area (Å²) in [5, 5.41) is 17.9. The first-order valence-electron chi connectivity index (χ1n) is 4.98. The van der Waals surface area contributed by atoms with Crippen molar-refractivity contribution in [2.45, 2.75) is 13.5 Å². The van der Waals surface area contributed by atoms with Crippen LogP contribution in [0.4, 0.5) is 5.69 Å². The zero-order valence-corrected chi connectivity index (χ0v) is 10.4. The minimum atomic E-state index is 0.0347. The molecular weight excluding hydrogens is 258 g/mol. The van der Waals surface area contributed by atoms with Gasteiger partial charge >= 0.3 is 0 Å². The maximum absolute atomic E-state index is 9.02. The Morgan fingerprint density at radius 1 is 1.33 bits per heavy atom. The van der Waals surface area contributed by atoms with Gasteiger partial charge in [0.1, 0.15) is 0 Å². The van der Waals surface area contributed by atoms with E-state index in [1.807, 2.05) is 25.1 Å². The highest BCUT2D eigenvalue weighted by Crippen LogP contribution is 2.24. The van der Waals surface area contributed by atoms with Gasteiger partial charge in [0.15, 0.2) is 0 Å². The summed E-state index contributed by atoms with van der Waals surface area (Å²) in [7, 11) is 0. The molecule has 0 aliphatic rings. The highest BCUT2D eigenvalue weighted by Gasteiger charge is 2.06. The molecule has 0 aliphatic carbocycles. The monoisotopic (exact) mass is 273 g/mol. The molecule has 0 unspecified atom stereocenters. The number of nitrogens with zero attached hydrogens (tertiary/aromatic N) is 1. The molecule has 4 heteroatoms. The lowest BCUT2D eigenvalue weighted by atomic mass is 10.2. The van der Waals surface area contributed by atoms with E-state index in [1.165, 1.54) is 0 Å². The van der Waals surface area contributed by atoms with E-state index in [4.69, 9.17) is 10.2 Å². The Kier molecular flexibility index (Phi) is 5.08. The smallest absolute Gasteiger partial charge is 0.0692 e. The van der Waals surface area contributed by atoms with Crippen molar-refractivity contribution >= 4 is 21.6 Å². The molecule has 0 aromatic heterocycles. The summed E-state index contributed by atoms with van der Waals surface area (Å²) < 4.78 is 0.902. The number of anilines is 1. The summed E-state index contributed by atoms with van der Waals surface area (Å²) in [6.07, 6.45) is 0. The van der Waals surface area contributed by atoms with E-state index in [0.29, 0.717) is 6.54 Å². The summed E-state index contributed by atoms with van der Waals surface area (Å²) in [6, 6.07) is 5.81. The van der Waals surface area contributed by atoms with Gasteiger partial charge in [0.25, 0.3) is 0 Å². The van der Waals surface area contributed by atoms with Crippen molar-refractivity contribution < 1.29 is 10.2 Å². The van der Waals surface area contributed by atoms with E-state index < -0.39 is 0 Å². The molecule has 0 aliphatic heterocycles. The quantitative estimate of drug-likeness (QED) is 0.860. The average Bonchev–Trinajstić information content (AvgIpc) is 2.25. The van der Waals surface area contributed by atoms with Crippen molar-refractivity contribution in [1.29, 1.82) is 0 Å². The Balaban J connectivity index is 2.89. The Hall–Kier alpha value is -0.580. The standard InChI is InChI=1S/C11H16BrNO2/c1-2-13(5-6-14)10-4-3-9(8-15)11(12)7-10/h3-4,7,14-15H,2,5-6,8H2,1H3. The van der Waals surface area contributed by atoms with E-state index in [2.05, 4.69) is 20.8 Å². The Morgan fingerprint density at radius 2 is 2.07 bits per heavy atom. The molecule has 0 radical (unpaired) electrons. The minimum Gasteiger partial charge on any atom is -0.395 e. The number of benzene rings is 1. The molecule has 0 amide bonds. The molecule has 0 bridgehead atoms. The van der Waals surface area contributed by atoms with E-state index in [-0.39, 0.29) is 13.2 Å². The largest absolute Gasteiger partial charge is 0.395 e. The van der Waals surface area contributed by atoms with Crippen LogP contribution in [0.2, 0.25) is 0 Å². The van der Waals surface area contributed by atoms with Crippen molar-refractivity contribution in [3.8, 4) is 0 Å². The molecular formula is C11H16BrNO2. The fraction of sp³-hybridized carbons (Fsp3) is 0.455. The molecule has 1 rings (SSSR count). The lowest BCUT2D eigenvalue weighted by Gasteiger charge is -2.22. The van der Waals surface area contributed by atoms with Crippen molar-refractivity contribution in [2.24, 2.45) is 0 Å². The minimum absolute atomic E-state index is 0.0347. The Labute approximate surface area is 98.5 Å². The molecule has 84 valence electrons. The summed E-state index contributed by atoms with van der Waals surface area (Å²) >= 11 is 3.41. The van der Waals surface area contributed by atoms with Crippen LogP contribution in [0.15, 0.2) is 22.7 Å². The number of aliphatic hydroxyl groups excluding tert-OH is 2. The molecule has 2 N–H and O–H groups in total. The van der Waals surface area contributed by atoms with Gasteiger partial charge in [0.05, 0.1) is 13.2 Å². The summed E-state index contributed by atoms with van der Waals surface area (Å²) in [5.41, 5.74) is 1.93. The molecule has 0 saturated heterocycles. The summed E-state index contributed by atoms with van der Waals surface area (Å²) in [4.78, 5) is 2.08. The molecule has 0 heterocycles. The van der Waals surface area contributed by atoms with Gasteiger partial charge in [-0.1, -0.05) is 22.0 Å². The number of rotatable bonds is 5. The van der Waals surface area contributed by atoms with Gasteiger partial charge in [-0.25, -0.2) is 0 Å². The maximum Gasteiger partial charge on any atom is 0.0692 e. The number of likely N-dealkylation sites (N-methyl/N-ethyl adjacent to an activating group) is 1. The number of aliphatic hydroxyl groups is 2. The molecule has 3 nitrogen and oxygen atoms in total. The fourth-order valence-corrected chi connectivity index (χ4v) is 1.94. The van der Waals surface area contributed by atoms with E-state index in [9.17, 15) is 0 Å². The van der Waals surface area contributed by atoms with Crippen LogP contribution in [0, 0.1) is 0 Å². The lowest BCUT2D eigenvalue weighted by Crippen LogP contribution is -2.26. The highest BCUT2D eigenvalue weighted by molar-refractivity contribution is 9.10. The normalized spacial score (nSPS) is 10.4. The van der Waals surface area contributed by atoms with Gasteiger partial charge < -0.3 is 15.1 Å².